The van der Waals surface area contributed by atoms with Gasteiger partial charge in [-0.25, -0.2) is 19.5 Å². The number of carbonyl (C=O) groups is 1. The Morgan fingerprint density at radius 3 is 2.85 bits per heavy atom. The van der Waals surface area contributed by atoms with Crippen molar-refractivity contribution in [3.05, 3.63) is 0 Å². The van der Waals surface area contributed by atoms with Crippen LogP contribution in [0, 0.1) is 0 Å². The average Bonchev–Trinajstić information content (AvgIpc) is 2.26. The van der Waals surface area contributed by atoms with Crippen molar-refractivity contribution in [2.75, 3.05) is 13.2 Å². The normalized spacial score (nSPS) is 26.4. The van der Waals surface area contributed by atoms with Crippen LogP contribution in [0.2, 0.25) is 0 Å². The molecule has 1 aliphatic rings. The predicted molar refractivity (Wildman–Crippen MR) is 38.2 cm³/mol. The van der Waals surface area contributed by atoms with Gasteiger partial charge >= 0.3 is 6.09 Å². The molecule has 1 saturated heterocycles. The van der Waals surface area contributed by atoms with E-state index in [1.165, 1.54) is 0 Å². The molecule has 0 spiro atoms. The van der Waals surface area contributed by atoms with Gasteiger partial charge in [0.1, 0.15) is 0 Å². The fourth-order valence-electron chi connectivity index (χ4n) is 1.38. The van der Waals surface area contributed by atoms with Crippen LogP contribution in [0.25, 0.3) is 0 Å². The summed E-state index contributed by atoms with van der Waals surface area (Å²) in [6, 6.07) is -0.850. The Kier molecular flexibility index (Phi) is 2.67. The molecule has 0 saturated carbocycles. The number of nitrogens with zero attached hydrogens (tertiary/aromatic N) is 1. The summed E-state index contributed by atoms with van der Waals surface area (Å²) >= 11 is 0. The second-order valence-corrected chi connectivity index (χ2v) is 2.96. The number of halogens is 2. The summed E-state index contributed by atoms with van der Waals surface area (Å²) in [4.78, 5) is 15.3. The van der Waals surface area contributed by atoms with Crippen molar-refractivity contribution >= 4 is 6.09 Å². The van der Waals surface area contributed by atoms with E-state index in [1.807, 2.05) is 0 Å². The minimum Gasteiger partial charge on any atom is -0.465 e. The van der Waals surface area contributed by atoms with Crippen molar-refractivity contribution < 1.29 is 23.5 Å². The number of hydrogen-bond acceptors (Lipinski definition) is 3. The fourth-order valence-corrected chi connectivity index (χ4v) is 1.38. The van der Waals surface area contributed by atoms with Gasteiger partial charge in [-0.3, -0.25) is 4.90 Å². The Hall–Kier alpha value is -0.950. The Morgan fingerprint density at radius 2 is 2.38 bits per heavy atom. The zero-order valence-corrected chi connectivity index (χ0v) is 6.74. The van der Waals surface area contributed by atoms with E-state index in [9.17, 15) is 13.6 Å². The average molecular weight is 196 g/mol. The fraction of sp³-hybridized carbons (Fsp3) is 0.833. The lowest BCUT2D eigenvalue weighted by Crippen LogP contribution is -2.38. The lowest BCUT2D eigenvalue weighted by atomic mass is 10.2. The van der Waals surface area contributed by atoms with Crippen LogP contribution in [0.15, 0.2) is 0 Å². The number of hydrogen-bond donors (Lipinski definition) is 2. The lowest BCUT2D eigenvalue weighted by molar-refractivity contribution is 0.0118. The predicted octanol–water partition coefficient (Wildman–Crippen LogP) is 0.264. The van der Waals surface area contributed by atoms with E-state index in [4.69, 9.17) is 11.0 Å². The van der Waals surface area contributed by atoms with Crippen molar-refractivity contribution in [2.45, 2.75) is 18.4 Å². The Balaban J connectivity index is 2.65. The van der Waals surface area contributed by atoms with Crippen LogP contribution in [0.5, 0.6) is 0 Å². The van der Waals surface area contributed by atoms with Gasteiger partial charge in [-0.05, 0) is 0 Å². The number of nitrogens with two attached hydrogens (primary N) is 1. The molecule has 1 aliphatic heterocycles. The largest absolute Gasteiger partial charge is 0.465 e. The monoisotopic (exact) mass is 196 g/mol. The molecule has 0 aromatic heterocycles. The summed E-state index contributed by atoms with van der Waals surface area (Å²) in [5.41, 5.74) is 0. The molecule has 1 rings (SSSR count). The first-order valence-electron chi connectivity index (χ1n) is 3.65. The van der Waals surface area contributed by atoms with Gasteiger partial charge < -0.3 is 9.94 Å². The third-order valence-electron chi connectivity index (χ3n) is 1.91. The maximum atomic E-state index is 12.7. The SMILES string of the molecule is NOC[C@@H]1CC(F)(F)CN1C(=O)O. The molecule has 0 radical (unpaired) electrons. The molecule has 0 bridgehead atoms. The molecular formula is C6H10F2N2O3. The van der Waals surface area contributed by atoms with Gasteiger partial charge in [0.25, 0.3) is 5.92 Å². The van der Waals surface area contributed by atoms with Crippen LogP contribution in [-0.2, 0) is 4.84 Å². The van der Waals surface area contributed by atoms with Crippen molar-refractivity contribution in [1.82, 2.24) is 4.90 Å². The molecule has 7 heteroatoms. The molecule has 0 aromatic carbocycles. The van der Waals surface area contributed by atoms with Crippen LogP contribution in [-0.4, -0.2) is 41.2 Å². The van der Waals surface area contributed by atoms with Crippen LogP contribution < -0.4 is 5.90 Å². The summed E-state index contributed by atoms with van der Waals surface area (Å²) < 4.78 is 25.5. The first-order chi connectivity index (χ1) is 5.96. The molecule has 76 valence electrons. The van der Waals surface area contributed by atoms with E-state index < -0.39 is 31.0 Å². The number of rotatable bonds is 2. The summed E-state index contributed by atoms with van der Waals surface area (Å²) in [6.45, 7) is -0.988. The minimum atomic E-state index is -2.97. The van der Waals surface area contributed by atoms with Crippen molar-refractivity contribution in [3.63, 3.8) is 0 Å². The van der Waals surface area contributed by atoms with E-state index in [1.54, 1.807) is 0 Å². The summed E-state index contributed by atoms with van der Waals surface area (Å²) in [5.74, 6) is 1.72. The van der Waals surface area contributed by atoms with Crippen molar-refractivity contribution in [3.8, 4) is 0 Å². The number of carboxylic acid groups (broad SMARTS) is 1. The van der Waals surface area contributed by atoms with Gasteiger partial charge in [-0.15, -0.1) is 0 Å². The Morgan fingerprint density at radius 1 is 1.77 bits per heavy atom. The van der Waals surface area contributed by atoms with Crippen LogP contribution in [0.4, 0.5) is 13.6 Å². The van der Waals surface area contributed by atoms with Crippen LogP contribution in [0.1, 0.15) is 6.42 Å². The molecule has 0 aromatic rings. The highest BCUT2D eigenvalue weighted by Crippen LogP contribution is 2.31. The lowest BCUT2D eigenvalue weighted by Gasteiger charge is -2.18. The Labute approximate surface area is 73.0 Å². The quantitative estimate of drug-likeness (QED) is 0.621. The third-order valence-corrected chi connectivity index (χ3v) is 1.91. The number of amides is 1. The van der Waals surface area contributed by atoms with E-state index >= 15 is 0 Å². The van der Waals surface area contributed by atoms with Crippen molar-refractivity contribution in [2.24, 2.45) is 5.90 Å². The van der Waals surface area contributed by atoms with Gasteiger partial charge in [0.2, 0.25) is 0 Å². The summed E-state index contributed by atoms with van der Waals surface area (Å²) in [5, 5.41) is 8.54. The molecule has 5 nitrogen and oxygen atoms in total. The first kappa shape index (κ1) is 10.1. The van der Waals surface area contributed by atoms with Crippen LogP contribution in [0.3, 0.4) is 0 Å². The highest BCUT2D eigenvalue weighted by Gasteiger charge is 2.47. The maximum Gasteiger partial charge on any atom is 0.407 e. The van der Waals surface area contributed by atoms with Crippen LogP contribution >= 0.6 is 0 Å². The van der Waals surface area contributed by atoms with Crippen molar-refractivity contribution in [1.29, 1.82) is 0 Å². The molecule has 3 N–H and O–H groups in total. The molecule has 0 aliphatic carbocycles. The second kappa shape index (κ2) is 3.43. The molecule has 1 amide bonds. The maximum absolute atomic E-state index is 12.7. The zero-order valence-electron chi connectivity index (χ0n) is 6.74. The smallest absolute Gasteiger partial charge is 0.407 e. The van der Waals surface area contributed by atoms with E-state index in [0.717, 1.165) is 0 Å². The van der Waals surface area contributed by atoms with E-state index in [-0.39, 0.29) is 6.61 Å². The van der Waals surface area contributed by atoms with Gasteiger partial charge in [0.15, 0.2) is 0 Å². The topological polar surface area (TPSA) is 75.8 Å². The highest BCUT2D eigenvalue weighted by atomic mass is 19.3. The van der Waals surface area contributed by atoms with E-state index in [2.05, 4.69) is 4.84 Å². The molecule has 0 unspecified atom stereocenters. The highest BCUT2D eigenvalue weighted by molar-refractivity contribution is 5.66. The summed E-state index contributed by atoms with van der Waals surface area (Å²) in [7, 11) is 0. The third kappa shape index (κ3) is 2.25. The van der Waals surface area contributed by atoms with Gasteiger partial charge in [0.05, 0.1) is 19.2 Å². The number of alkyl halides is 2. The standard InChI is InChI=1S/C6H10F2N2O3/c7-6(8)1-4(2-13-9)10(3-6)5(11)12/h4H,1-3,9H2,(H,11,12)/t4-/m0/s1. The first-order valence-corrected chi connectivity index (χ1v) is 3.65. The molecule has 1 atom stereocenters. The molecule has 13 heavy (non-hydrogen) atoms. The zero-order chi connectivity index (χ0) is 10.1. The van der Waals surface area contributed by atoms with Gasteiger partial charge in [-0.2, -0.15) is 0 Å². The van der Waals surface area contributed by atoms with E-state index in [0.29, 0.717) is 4.90 Å². The minimum absolute atomic E-state index is 0.206. The Bertz CT molecular complexity index is 212. The van der Waals surface area contributed by atoms with Gasteiger partial charge in [-0.1, -0.05) is 0 Å². The molecule has 1 fully saturated rings. The summed E-state index contributed by atoms with van der Waals surface area (Å²) in [6.07, 6.45) is -1.91. The number of likely N-dealkylation sites (tertiary alicyclic amines) is 1. The molecule has 1 heterocycles. The van der Waals surface area contributed by atoms with Gasteiger partial charge in [0, 0.05) is 6.42 Å². The second-order valence-electron chi connectivity index (χ2n) is 2.96. The molecular weight excluding hydrogens is 186 g/mol.